The lowest BCUT2D eigenvalue weighted by molar-refractivity contribution is 0.165. The highest BCUT2D eigenvalue weighted by molar-refractivity contribution is 4.80. The van der Waals surface area contributed by atoms with Gasteiger partial charge in [0.2, 0.25) is 0 Å². The molecule has 1 saturated heterocycles. The van der Waals surface area contributed by atoms with Crippen LogP contribution in [0.3, 0.4) is 0 Å². The molecule has 0 spiro atoms. The Balaban J connectivity index is 1.86. The highest BCUT2D eigenvalue weighted by Gasteiger charge is 2.22. The van der Waals surface area contributed by atoms with E-state index in [2.05, 4.69) is 17.1 Å². The lowest BCUT2D eigenvalue weighted by atomic mass is 9.95. The lowest BCUT2D eigenvalue weighted by Crippen LogP contribution is -2.41. The Morgan fingerprint density at radius 2 is 1.62 bits per heavy atom. The quantitative estimate of drug-likeness (QED) is 0.737. The van der Waals surface area contributed by atoms with E-state index in [0.717, 1.165) is 6.04 Å². The molecule has 0 amide bonds. The predicted octanol–water partition coefficient (Wildman–Crippen LogP) is 2.78. The normalized spacial score (nSPS) is 31.7. The van der Waals surface area contributed by atoms with E-state index in [4.69, 9.17) is 0 Å². The van der Waals surface area contributed by atoms with E-state index in [0.29, 0.717) is 6.04 Å². The minimum Gasteiger partial charge on any atom is -0.313 e. The van der Waals surface area contributed by atoms with Crippen LogP contribution in [-0.2, 0) is 0 Å². The number of hydrogen-bond donors (Lipinski definition) is 1. The molecule has 1 N–H and O–H groups in total. The third-order valence-electron chi connectivity index (χ3n) is 4.21. The Kier molecular flexibility index (Phi) is 5.11. The van der Waals surface area contributed by atoms with Crippen molar-refractivity contribution in [3.63, 3.8) is 0 Å². The molecule has 1 aliphatic heterocycles. The largest absolute Gasteiger partial charge is 0.313 e. The number of nitrogens with zero attached hydrogens (tertiary/aromatic N) is 1. The Morgan fingerprint density at radius 1 is 0.938 bits per heavy atom. The second-order valence-electron chi connectivity index (χ2n) is 5.70. The molecule has 2 nitrogen and oxygen atoms in total. The summed E-state index contributed by atoms with van der Waals surface area (Å²) in [5.74, 6) is 0. The lowest BCUT2D eigenvalue weighted by Gasteiger charge is -2.33. The molecule has 0 aromatic heterocycles. The van der Waals surface area contributed by atoms with Gasteiger partial charge in [-0.05, 0) is 39.3 Å². The Bertz CT molecular complexity index is 185. The molecule has 0 radical (unpaired) electrons. The maximum atomic E-state index is 3.60. The van der Waals surface area contributed by atoms with Gasteiger partial charge in [0.1, 0.15) is 0 Å². The second kappa shape index (κ2) is 6.61. The fraction of sp³-hybridized carbons (Fsp3) is 1.00. The van der Waals surface area contributed by atoms with Gasteiger partial charge >= 0.3 is 0 Å². The second-order valence-corrected chi connectivity index (χ2v) is 5.70. The maximum absolute atomic E-state index is 3.60. The third kappa shape index (κ3) is 3.74. The molecule has 1 heterocycles. The number of hydrogen-bond acceptors (Lipinski definition) is 2. The molecule has 1 atom stereocenters. The van der Waals surface area contributed by atoms with Crippen LogP contribution in [0.1, 0.15) is 58.3 Å². The zero-order valence-electron chi connectivity index (χ0n) is 10.9. The summed E-state index contributed by atoms with van der Waals surface area (Å²) in [6, 6.07) is 1.58. The van der Waals surface area contributed by atoms with Gasteiger partial charge < -0.3 is 5.32 Å². The van der Waals surface area contributed by atoms with Crippen LogP contribution >= 0.6 is 0 Å². The smallest absolute Gasteiger partial charge is 0.0166 e. The summed E-state index contributed by atoms with van der Waals surface area (Å²) in [5, 5.41) is 3.60. The fourth-order valence-corrected chi connectivity index (χ4v) is 3.27. The minimum absolute atomic E-state index is 0.688. The van der Waals surface area contributed by atoms with E-state index in [1.807, 2.05) is 0 Å². The summed E-state index contributed by atoms with van der Waals surface area (Å²) in [5.41, 5.74) is 0. The van der Waals surface area contributed by atoms with E-state index in [1.165, 1.54) is 71.0 Å². The van der Waals surface area contributed by atoms with Crippen LogP contribution < -0.4 is 5.32 Å². The van der Waals surface area contributed by atoms with Gasteiger partial charge in [0, 0.05) is 18.6 Å². The van der Waals surface area contributed by atoms with Crippen LogP contribution in [0, 0.1) is 0 Å². The zero-order chi connectivity index (χ0) is 11.2. The summed E-state index contributed by atoms with van der Waals surface area (Å²) in [6.45, 7) is 6.14. The fourth-order valence-electron chi connectivity index (χ4n) is 3.27. The van der Waals surface area contributed by atoms with Crippen molar-refractivity contribution in [3.8, 4) is 0 Å². The summed E-state index contributed by atoms with van der Waals surface area (Å²) >= 11 is 0. The van der Waals surface area contributed by atoms with Crippen molar-refractivity contribution in [2.24, 2.45) is 0 Å². The minimum atomic E-state index is 0.688. The van der Waals surface area contributed by atoms with Crippen molar-refractivity contribution in [1.82, 2.24) is 10.2 Å². The summed E-state index contributed by atoms with van der Waals surface area (Å²) in [6.07, 6.45) is 11.6. The van der Waals surface area contributed by atoms with Crippen LogP contribution in [0.5, 0.6) is 0 Å². The van der Waals surface area contributed by atoms with E-state index in [-0.39, 0.29) is 0 Å². The molecule has 2 aliphatic rings. The molecule has 0 aromatic rings. The molecule has 1 saturated carbocycles. The molecule has 2 heteroatoms. The van der Waals surface area contributed by atoms with Crippen LogP contribution in [0.25, 0.3) is 0 Å². The van der Waals surface area contributed by atoms with Crippen LogP contribution in [0.2, 0.25) is 0 Å². The van der Waals surface area contributed by atoms with Gasteiger partial charge in [-0.2, -0.15) is 0 Å². The topological polar surface area (TPSA) is 15.3 Å². The van der Waals surface area contributed by atoms with Gasteiger partial charge in [-0.25, -0.2) is 0 Å². The van der Waals surface area contributed by atoms with Crippen molar-refractivity contribution >= 4 is 0 Å². The Labute approximate surface area is 101 Å². The Hall–Kier alpha value is -0.0800. The van der Waals surface area contributed by atoms with Gasteiger partial charge in [-0.1, -0.05) is 32.1 Å². The number of nitrogens with one attached hydrogen (secondary N) is 1. The van der Waals surface area contributed by atoms with Crippen molar-refractivity contribution in [2.75, 3.05) is 19.6 Å². The van der Waals surface area contributed by atoms with E-state index in [9.17, 15) is 0 Å². The highest BCUT2D eigenvalue weighted by atomic mass is 15.2. The molecule has 94 valence electrons. The zero-order valence-corrected chi connectivity index (χ0v) is 10.9. The molecule has 2 rings (SSSR count). The Morgan fingerprint density at radius 3 is 2.38 bits per heavy atom. The molecule has 0 bridgehead atoms. The van der Waals surface area contributed by atoms with Gasteiger partial charge in [-0.3, -0.25) is 4.90 Å². The SMILES string of the molecule is CC1CN(C2CCCCCCC2)CCCN1. The molecule has 0 aromatic carbocycles. The first kappa shape index (κ1) is 12.4. The monoisotopic (exact) mass is 224 g/mol. The van der Waals surface area contributed by atoms with Gasteiger partial charge in [0.15, 0.2) is 0 Å². The molecular weight excluding hydrogens is 196 g/mol. The average Bonchev–Trinajstić information content (AvgIpc) is 2.42. The standard InChI is InChI=1S/C14H28N2/c1-13-12-16(11-7-10-15-13)14-8-5-3-2-4-6-9-14/h13-15H,2-12H2,1H3. The molecule has 16 heavy (non-hydrogen) atoms. The van der Waals surface area contributed by atoms with Crippen LogP contribution in [0.15, 0.2) is 0 Å². The molecule has 2 fully saturated rings. The first-order chi connectivity index (χ1) is 7.86. The first-order valence-electron chi connectivity index (χ1n) is 7.33. The maximum Gasteiger partial charge on any atom is 0.0166 e. The molecular formula is C14H28N2. The van der Waals surface area contributed by atoms with Crippen molar-refractivity contribution in [2.45, 2.75) is 70.4 Å². The van der Waals surface area contributed by atoms with Crippen molar-refractivity contribution < 1.29 is 0 Å². The predicted molar refractivity (Wildman–Crippen MR) is 69.8 cm³/mol. The van der Waals surface area contributed by atoms with E-state index in [1.54, 1.807) is 0 Å². The van der Waals surface area contributed by atoms with E-state index >= 15 is 0 Å². The highest BCUT2D eigenvalue weighted by Crippen LogP contribution is 2.22. The van der Waals surface area contributed by atoms with E-state index < -0.39 is 0 Å². The average molecular weight is 224 g/mol. The summed E-state index contributed by atoms with van der Waals surface area (Å²) in [7, 11) is 0. The van der Waals surface area contributed by atoms with Gasteiger partial charge in [-0.15, -0.1) is 0 Å². The first-order valence-corrected chi connectivity index (χ1v) is 7.33. The van der Waals surface area contributed by atoms with Gasteiger partial charge in [0.05, 0.1) is 0 Å². The molecule has 1 aliphatic carbocycles. The molecule has 1 unspecified atom stereocenters. The van der Waals surface area contributed by atoms with Crippen LogP contribution in [0.4, 0.5) is 0 Å². The van der Waals surface area contributed by atoms with Crippen molar-refractivity contribution in [3.05, 3.63) is 0 Å². The summed E-state index contributed by atoms with van der Waals surface area (Å²) < 4.78 is 0. The van der Waals surface area contributed by atoms with Gasteiger partial charge in [0.25, 0.3) is 0 Å². The van der Waals surface area contributed by atoms with Crippen LogP contribution in [-0.4, -0.2) is 36.6 Å². The third-order valence-corrected chi connectivity index (χ3v) is 4.21. The summed E-state index contributed by atoms with van der Waals surface area (Å²) in [4.78, 5) is 2.77. The van der Waals surface area contributed by atoms with Crippen molar-refractivity contribution in [1.29, 1.82) is 0 Å². The number of rotatable bonds is 1.